The fourth-order valence-electron chi connectivity index (χ4n) is 0.380. The first-order chi connectivity index (χ1) is 4.33. The van der Waals surface area contributed by atoms with Gasteiger partial charge in [-0.05, 0) is 20.8 Å². The monoisotopic (exact) mass is 150 g/mol. The summed E-state index contributed by atoms with van der Waals surface area (Å²) >= 11 is 0. The van der Waals surface area contributed by atoms with Gasteiger partial charge in [0.25, 0.3) is 0 Å². The van der Waals surface area contributed by atoms with Gasteiger partial charge in [-0.25, -0.2) is 0 Å². The third kappa shape index (κ3) is 7.84. The molecule has 0 atom stereocenters. The Hall–Kier alpha value is -0.0626. The van der Waals surface area contributed by atoms with Crippen LogP contribution in [0.2, 0.25) is 0 Å². The summed E-state index contributed by atoms with van der Waals surface area (Å²) in [5, 5.41) is 0. The maximum Gasteiger partial charge on any atom is 1.00 e. The Morgan fingerprint density at radius 3 is 1.73 bits per heavy atom. The number of carbonyl (C=O) groups is 1. The van der Waals surface area contributed by atoms with E-state index in [9.17, 15) is 4.79 Å². The molecule has 0 saturated heterocycles. The molecular weight excluding hydrogens is 135 g/mol. The molecule has 3 heteroatoms. The number of esters is 1. The maximum absolute atomic E-state index is 10.9. The van der Waals surface area contributed by atoms with Crippen LogP contribution in [0, 0.1) is 5.92 Å². The van der Waals surface area contributed by atoms with Crippen LogP contribution >= 0.6 is 0 Å². The summed E-state index contributed by atoms with van der Waals surface area (Å²) in [4.78, 5) is 10.9. The van der Waals surface area contributed by atoms with E-state index in [4.69, 9.17) is 4.74 Å². The van der Waals surface area contributed by atoms with E-state index in [1.807, 2.05) is 20.8 Å². The Bertz CT molecular complexity index is 125. The molecule has 0 saturated carbocycles. The van der Waals surface area contributed by atoms with Crippen LogP contribution in [-0.4, -0.2) is 11.6 Å². The predicted molar refractivity (Wildman–Crippen MR) is 40.4 cm³/mol. The van der Waals surface area contributed by atoms with Crippen molar-refractivity contribution in [3.8, 4) is 0 Å². The van der Waals surface area contributed by atoms with Gasteiger partial charge in [-0.2, -0.15) is 13.8 Å². The second-order valence-electron chi connectivity index (χ2n) is 3.50. The van der Waals surface area contributed by atoms with Crippen molar-refractivity contribution < 1.29 is 28.4 Å². The van der Waals surface area contributed by atoms with Crippen LogP contribution in [0.4, 0.5) is 0 Å². The third-order valence-electron chi connectivity index (χ3n) is 0.807. The molecule has 0 radical (unpaired) electrons. The molecule has 60 valence electrons. The van der Waals surface area contributed by atoms with Gasteiger partial charge < -0.3 is 4.74 Å². The number of rotatable bonds is 1. The molecule has 0 rings (SSSR count). The Labute approximate surface area is 80.9 Å². The van der Waals surface area contributed by atoms with E-state index in [0.717, 1.165) is 0 Å². The molecule has 0 unspecified atom stereocenters. The zero-order chi connectivity index (χ0) is 8.36. The summed E-state index contributed by atoms with van der Waals surface area (Å²) in [6, 6.07) is 0. The Balaban J connectivity index is 0. The second-order valence-corrected chi connectivity index (χ2v) is 3.50. The Morgan fingerprint density at radius 2 is 1.64 bits per heavy atom. The Morgan fingerprint density at radius 1 is 1.27 bits per heavy atom. The topological polar surface area (TPSA) is 26.3 Å². The van der Waals surface area contributed by atoms with Crippen molar-refractivity contribution in [1.82, 2.24) is 0 Å². The largest absolute Gasteiger partial charge is 1.00 e. The standard InChI is InChI=1S/C8H15O2.Li/c1-6(2)7(9)10-8(3,4)5;/h1-5H3;/q-1;+1. The molecule has 0 aliphatic rings. The van der Waals surface area contributed by atoms with Crippen molar-refractivity contribution in [1.29, 1.82) is 0 Å². The molecule has 0 aromatic rings. The molecule has 0 amide bonds. The van der Waals surface area contributed by atoms with Gasteiger partial charge in [0.05, 0.1) is 0 Å². The summed E-state index contributed by atoms with van der Waals surface area (Å²) in [5.74, 6) is 0.474. The van der Waals surface area contributed by atoms with Crippen molar-refractivity contribution in [2.45, 2.75) is 40.2 Å². The summed E-state index contributed by atoms with van der Waals surface area (Å²) in [7, 11) is 0. The average Bonchev–Trinajstić information content (AvgIpc) is 1.60. The summed E-state index contributed by atoms with van der Waals surface area (Å²) in [6.07, 6.45) is 0. The smallest absolute Gasteiger partial charge is 0.482 e. The molecule has 11 heavy (non-hydrogen) atoms. The molecule has 0 fully saturated rings. The summed E-state index contributed by atoms with van der Waals surface area (Å²) < 4.78 is 5.02. The molecule has 0 aliphatic heterocycles. The quantitative estimate of drug-likeness (QED) is 0.271. The number of carbonyl (C=O) groups excluding carboxylic acids is 1. The molecule has 0 bridgehead atoms. The van der Waals surface area contributed by atoms with Gasteiger partial charge in [0.1, 0.15) is 5.60 Å². The van der Waals surface area contributed by atoms with Gasteiger partial charge in [-0.1, -0.05) is 0 Å². The van der Waals surface area contributed by atoms with Gasteiger partial charge in [-0.15, -0.1) is 0 Å². The zero-order valence-electron chi connectivity index (χ0n) is 8.32. The normalized spacial score (nSPS) is 9.91. The zero-order valence-corrected chi connectivity index (χ0v) is 8.32. The van der Waals surface area contributed by atoms with Crippen LogP contribution in [0.1, 0.15) is 34.6 Å². The molecule has 0 aromatic heterocycles. The van der Waals surface area contributed by atoms with E-state index >= 15 is 0 Å². The first kappa shape index (κ1) is 13.5. The number of hydrogen-bond donors (Lipinski definition) is 0. The van der Waals surface area contributed by atoms with E-state index in [-0.39, 0.29) is 30.4 Å². The van der Waals surface area contributed by atoms with Gasteiger partial charge in [-0.3, -0.25) is 10.7 Å². The van der Waals surface area contributed by atoms with Crippen LogP contribution in [0.15, 0.2) is 0 Å². The van der Waals surface area contributed by atoms with E-state index in [1.165, 1.54) is 0 Å². The van der Waals surface area contributed by atoms with Crippen molar-refractivity contribution in [2.75, 3.05) is 0 Å². The molecule has 0 aromatic carbocycles. The molecule has 0 N–H and O–H groups in total. The molecule has 2 nitrogen and oxygen atoms in total. The van der Waals surface area contributed by atoms with Gasteiger partial charge in [0, 0.05) is 0 Å². The molecule has 0 heterocycles. The van der Waals surface area contributed by atoms with E-state index < -0.39 is 0 Å². The van der Waals surface area contributed by atoms with Crippen molar-refractivity contribution >= 4 is 5.97 Å². The molecule has 0 spiro atoms. The Kier molecular flexibility index (Phi) is 5.83. The minimum atomic E-state index is -0.367. The predicted octanol–water partition coefficient (Wildman–Crippen LogP) is -1.05. The van der Waals surface area contributed by atoms with Crippen LogP contribution < -0.4 is 18.9 Å². The van der Waals surface area contributed by atoms with Crippen LogP contribution in [0.25, 0.3) is 0 Å². The minimum absolute atomic E-state index is 0. The van der Waals surface area contributed by atoms with Gasteiger partial charge in [0.15, 0.2) is 5.97 Å². The fourth-order valence-corrected chi connectivity index (χ4v) is 0.380. The average molecular weight is 150 g/mol. The van der Waals surface area contributed by atoms with Crippen LogP contribution in [-0.2, 0) is 9.53 Å². The van der Waals surface area contributed by atoms with Crippen molar-refractivity contribution in [3.63, 3.8) is 0 Å². The van der Waals surface area contributed by atoms with Gasteiger partial charge in [0.2, 0.25) is 0 Å². The number of hydrogen-bond acceptors (Lipinski definition) is 2. The van der Waals surface area contributed by atoms with E-state index in [1.54, 1.807) is 13.8 Å². The van der Waals surface area contributed by atoms with Crippen molar-refractivity contribution in [3.05, 3.63) is 5.92 Å². The van der Waals surface area contributed by atoms with Crippen molar-refractivity contribution in [2.24, 2.45) is 0 Å². The third-order valence-corrected chi connectivity index (χ3v) is 0.807. The van der Waals surface area contributed by atoms with E-state index in [2.05, 4.69) is 0 Å². The second kappa shape index (κ2) is 4.74. The first-order valence-corrected chi connectivity index (χ1v) is 3.36. The van der Waals surface area contributed by atoms with Crippen LogP contribution in [0.3, 0.4) is 0 Å². The maximum atomic E-state index is 10.9. The van der Waals surface area contributed by atoms with Gasteiger partial charge >= 0.3 is 18.9 Å². The molecule has 0 aliphatic carbocycles. The SMILES string of the molecule is C[C-](C)C(=O)OC(C)(C)C.[Li+]. The summed E-state index contributed by atoms with van der Waals surface area (Å²) in [6.45, 7) is 9.05. The summed E-state index contributed by atoms with van der Waals surface area (Å²) in [5.41, 5.74) is -0.367. The first-order valence-electron chi connectivity index (χ1n) is 3.36. The molecular formula is C8H15LiO2. The fraction of sp³-hybridized carbons (Fsp3) is 0.750. The van der Waals surface area contributed by atoms with E-state index in [0.29, 0.717) is 5.92 Å². The van der Waals surface area contributed by atoms with Crippen LogP contribution in [0.5, 0.6) is 0 Å². The number of ether oxygens (including phenoxy) is 1. The minimum Gasteiger partial charge on any atom is -0.482 e.